The van der Waals surface area contributed by atoms with E-state index in [1.54, 1.807) is 6.33 Å². The summed E-state index contributed by atoms with van der Waals surface area (Å²) >= 11 is 3.35. The molecule has 0 bridgehead atoms. The van der Waals surface area contributed by atoms with Crippen molar-refractivity contribution in [3.8, 4) is 0 Å². The van der Waals surface area contributed by atoms with Gasteiger partial charge in [0.05, 0.1) is 0 Å². The topological polar surface area (TPSA) is 29.0 Å². The predicted octanol–water partition coefficient (Wildman–Crippen LogP) is 3.57. The highest BCUT2D eigenvalue weighted by atomic mass is 79.9. The van der Waals surface area contributed by atoms with Crippen LogP contribution < -0.4 is 4.90 Å². The van der Waals surface area contributed by atoms with Gasteiger partial charge in [-0.3, -0.25) is 0 Å². The van der Waals surface area contributed by atoms with Gasteiger partial charge in [0, 0.05) is 18.8 Å². The normalized spacial score (nSPS) is 10.3. The molecule has 0 N–H and O–H groups in total. The first-order chi connectivity index (χ1) is 8.20. The Balaban J connectivity index is 2.27. The van der Waals surface area contributed by atoms with Crippen molar-refractivity contribution in [1.82, 2.24) is 9.97 Å². The van der Waals surface area contributed by atoms with Crippen molar-refractivity contribution in [2.75, 3.05) is 11.9 Å². The Morgan fingerprint density at radius 2 is 1.88 bits per heavy atom. The molecule has 0 amide bonds. The third-order valence-corrected chi connectivity index (χ3v) is 3.13. The molecule has 4 heteroatoms. The summed E-state index contributed by atoms with van der Waals surface area (Å²) in [4.78, 5) is 10.3. The van der Waals surface area contributed by atoms with Crippen LogP contribution in [0.5, 0.6) is 0 Å². The molecule has 1 heterocycles. The molecule has 0 saturated heterocycles. The Bertz CT molecular complexity index is 496. The SMILES string of the molecule is CCc1ccc(N(C)c2cc(Br)ncn2)cc1. The van der Waals surface area contributed by atoms with Gasteiger partial charge in [0.2, 0.25) is 0 Å². The van der Waals surface area contributed by atoms with Gasteiger partial charge in [0.1, 0.15) is 16.7 Å². The number of aryl methyl sites for hydroxylation is 1. The van der Waals surface area contributed by atoms with Crippen LogP contribution in [-0.2, 0) is 6.42 Å². The van der Waals surface area contributed by atoms with Gasteiger partial charge in [0.15, 0.2) is 0 Å². The van der Waals surface area contributed by atoms with Gasteiger partial charge < -0.3 is 4.90 Å². The molecule has 3 nitrogen and oxygen atoms in total. The molecule has 17 heavy (non-hydrogen) atoms. The molecule has 0 atom stereocenters. The number of hydrogen-bond acceptors (Lipinski definition) is 3. The number of benzene rings is 1. The third kappa shape index (κ3) is 2.82. The second-order valence-electron chi connectivity index (χ2n) is 3.78. The number of hydrogen-bond donors (Lipinski definition) is 0. The zero-order valence-electron chi connectivity index (χ0n) is 9.89. The Morgan fingerprint density at radius 3 is 2.47 bits per heavy atom. The second-order valence-corrected chi connectivity index (χ2v) is 4.59. The predicted molar refractivity (Wildman–Crippen MR) is 73.6 cm³/mol. The van der Waals surface area contributed by atoms with E-state index >= 15 is 0 Å². The largest absolute Gasteiger partial charge is 0.329 e. The van der Waals surface area contributed by atoms with Crippen LogP contribution in [0.1, 0.15) is 12.5 Å². The quantitative estimate of drug-likeness (QED) is 0.810. The highest BCUT2D eigenvalue weighted by Crippen LogP contribution is 2.23. The number of aromatic nitrogens is 2. The molecule has 2 aromatic rings. The third-order valence-electron chi connectivity index (χ3n) is 2.69. The summed E-state index contributed by atoms with van der Waals surface area (Å²) in [7, 11) is 2.00. The first-order valence-electron chi connectivity index (χ1n) is 5.51. The molecule has 0 aliphatic rings. The van der Waals surface area contributed by atoms with Gasteiger partial charge in [-0.2, -0.15) is 0 Å². The van der Waals surface area contributed by atoms with Crippen LogP contribution in [0.25, 0.3) is 0 Å². The minimum atomic E-state index is 0.791. The molecular formula is C13H14BrN3. The van der Waals surface area contributed by atoms with Crippen molar-refractivity contribution in [2.24, 2.45) is 0 Å². The Labute approximate surface area is 110 Å². The van der Waals surface area contributed by atoms with E-state index in [1.165, 1.54) is 5.56 Å². The van der Waals surface area contributed by atoms with Crippen LogP contribution in [0.3, 0.4) is 0 Å². The standard InChI is InChI=1S/C13H14BrN3/c1-3-10-4-6-11(7-5-10)17(2)13-8-12(14)15-9-16-13/h4-9H,3H2,1-2H3. The van der Waals surface area contributed by atoms with Crippen molar-refractivity contribution in [3.05, 3.63) is 46.8 Å². The highest BCUT2D eigenvalue weighted by molar-refractivity contribution is 9.10. The van der Waals surface area contributed by atoms with Crippen LogP contribution in [0.2, 0.25) is 0 Å². The molecule has 0 spiro atoms. The summed E-state index contributed by atoms with van der Waals surface area (Å²) in [5.74, 6) is 0.871. The highest BCUT2D eigenvalue weighted by Gasteiger charge is 2.05. The van der Waals surface area contributed by atoms with E-state index in [-0.39, 0.29) is 0 Å². The molecule has 1 aromatic heterocycles. The molecule has 0 aliphatic heterocycles. The summed E-state index contributed by atoms with van der Waals surface area (Å²) < 4.78 is 0.791. The number of nitrogens with zero attached hydrogens (tertiary/aromatic N) is 3. The fraction of sp³-hybridized carbons (Fsp3) is 0.231. The average molecular weight is 292 g/mol. The van der Waals surface area contributed by atoms with Crippen molar-refractivity contribution in [1.29, 1.82) is 0 Å². The Hall–Kier alpha value is -1.42. The summed E-state index contributed by atoms with van der Waals surface area (Å²) in [5.41, 5.74) is 2.46. The van der Waals surface area contributed by atoms with E-state index in [2.05, 4.69) is 57.1 Å². The Kier molecular flexibility index (Phi) is 3.74. The maximum Gasteiger partial charge on any atom is 0.137 e. The van der Waals surface area contributed by atoms with Crippen molar-refractivity contribution >= 4 is 27.4 Å². The van der Waals surface area contributed by atoms with Gasteiger partial charge in [0.25, 0.3) is 0 Å². The van der Waals surface area contributed by atoms with Crippen LogP contribution in [-0.4, -0.2) is 17.0 Å². The maximum atomic E-state index is 4.24. The molecule has 0 aliphatic carbocycles. The van der Waals surface area contributed by atoms with Crippen molar-refractivity contribution in [3.63, 3.8) is 0 Å². The lowest BCUT2D eigenvalue weighted by molar-refractivity contribution is 1.06. The molecule has 2 rings (SSSR count). The van der Waals surface area contributed by atoms with Crippen LogP contribution in [0.15, 0.2) is 41.3 Å². The molecule has 0 saturated carbocycles. The number of halogens is 1. The fourth-order valence-corrected chi connectivity index (χ4v) is 1.89. The van der Waals surface area contributed by atoms with E-state index in [4.69, 9.17) is 0 Å². The zero-order valence-corrected chi connectivity index (χ0v) is 11.5. The molecular weight excluding hydrogens is 278 g/mol. The molecule has 0 fully saturated rings. The van der Waals surface area contributed by atoms with E-state index < -0.39 is 0 Å². The lowest BCUT2D eigenvalue weighted by Gasteiger charge is -2.18. The van der Waals surface area contributed by atoms with Gasteiger partial charge in [-0.1, -0.05) is 19.1 Å². The van der Waals surface area contributed by atoms with E-state index in [9.17, 15) is 0 Å². The smallest absolute Gasteiger partial charge is 0.137 e. The molecule has 1 aromatic carbocycles. The minimum Gasteiger partial charge on any atom is -0.329 e. The molecule has 0 unspecified atom stereocenters. The van der Waals surface area contributed by atoms with Gasteiger partial charge in [-0.15, -0.1) is 0 Å². The van der Waals surface area contributed by atoms with Crippen molar-refractivity contribution < 1.29 is 0 Å². The first kappa shape index (κ1) is 12.0. The van der Waals surface area contributed by atoms with Crippen molar-refractivity contribution in [2.45, 2.75) is 13.3 Å². The van der Waals surface area contributed by atoms with Gasteiger partial charge in [-0.25, -0.2) is 9.97 Å². The lowest BCUT2D eigenvalue weighted by atomic mass is 10.1. The van der Waals surface area contributed by atoms with Crippen LogP contribution in [0, 0.1) is 0 Å². The first-order valence-corrected chi connectivity index (χ1v) is 6.30. The van der Waals surface area contributed by atoms with E-state index in [0.717, 1.165) is 22.5 Å². The summed E-state index contributed by atoms with van der Waals surface area (Å²) in [6, 6.07) is 10.4. The number of anilines is 2. The molecule has 88 valence electrons. The molecule has 0 radical (unpaired) electrons. The van der Waals surface area contributed by atoms with Crippen LogP contribution in [0.4, 0.5) is 11.5 Å². The summed E-state index contributed by atoms with van der Waals surface area (Å²) in [6.45, 7) is 2.15. The summed E-state index contributed by atoms with van der Waals surface area (Å²) in [6.07, 6.45) is 2.61. The van der Waals surface area contributed by atoms with Crippen LogP contribution >= 0.6 is 15.9 Å². The average Bonchev–Trinajstić information content (AvgIpc) is 2.38. The maximum absolute atomic E-state index is 4.24. The van der Waals surface area contributed by atoms with Gasteiger partial charge in [-0.05, 0) is 40.0 Å². The Morgan fingerprint density at radius 1 is 1.18 bits per heavy atom. The van der Waals surface area contributed by atoms with E-state index in [1.807, 2.05) is 18.0 Å². The fourth-order valence-electron chi connectivity index (χ4n) is 1.60. The second kappa shape index (κ2) is 5.27. The monoisotopic (exact) mass is 291 g/mol. The lowest BCUT2D eigenvalue weighted by Crippen LogP contribution is -2.11. The van der Waals surface area contributed by atoms with E-state index in [0.29, 0.717) is 0 Å². The number of rotatable bonds is 3. The zero-order chi connectivity index (χ0) is 12.3. The van der Waals surface area contributed by atoms with Gasteiger partial charge >= 0.3 is 0 Å². The summed E-state index contributed by atoms with van der Waals surface area (Å²) in [5, 5.41) is 0. The minimum absolute atomic E-state index is 0.791.